The number of hydrogen-bond donors (Lipinski definition) is 0. The number of aliphatic imine (C=N–C) groups is 1. The summed E-state index contributed by atoms with van der Waals surface area (Å²) in [6, 6.07) is 5.33. The van der Waals surface area contributed by atoms with Crippen LogP contribution in [0.5, 0.6) is 0 Å². The molecule has 2 aromatic rings. The zero-order valence-electron chi connectivity index (χ0n) is 10.0. The molecule has 0 bridgehead atoms. The summed E-state index contributed by atoms with van der Waals surface area (Å²) in [6.45, 7) is 3.99. The Labute approximate surface area is 108 Å². The number of ether oxygens (including phenoxy) is 1. The molecule has 1 aromatic carbocycles. The molecule has 5 heteroatoms. The number of thiophene rings is 1. The maximum Gasteiger partial charge on any atom is 0.348 e. The summed E-state index contributed by atoms with van der Waals surface area (Å²) < 4.78 is 5.97. The minimum Gasteiger partial charge on any atom is -0.462 e. The van der Waals surface area contributed by atoms with Gasteiger partial charge in [0, 0.05) is 4.70 Å². The number of rotatable bonds is 3. The first-order chi connectivity index (χ1) is 8.67. The van der Waals surface area contributed by atoms with E-state index < -0.39 is 0 Å². The summed E-state index contributed by atoms with van der Waals surface area (Å²) in [7, 11) is 0. The van der Waals surface area contributed by atoms with E-state index in [0.29, 0.717) is 17.2 Å². The molecule has 2 rings (SSSR count). The summed E-state index contributed by atoms with van der Waals surface area (Å²) in [5.74, 6) is -0.309. The summed E-state index contributed by atoms with van der Waals surface area (Å²) in [4.78, 5) is 26.1. The van der Waals surface area contributed by atoms with Gasteiger partial charge in [0.15, 0.2) is 0 Å². The van der Waals surface area contributed by atoms with E-state index in [9.17, 15) is 9.59 Å². The van der Waals surface area contributed by atoms with Crippen LogP contribution < -0.4 is 0 Å². The second-order valence-electron chi connectivity index (χ2n) is 3.66. The Kier molecular flexibility index (Phi) is 3.55. The molecule has 4 nitrogen and oxygen atoms in total. The number of benzene rings is 1. The fourth-order valence-electron chi connectivity index (χ4n) is 1.72. The number of isocyanates is 1. The predicted octanol–water partition coefficient (Wildman–Crippen LogP) is 3.35. The molecule has 0 atom stereocenters. The average Bonchev–Trinajstić information content (AvgIpc) is 2.68. The molecule has 1 heterocycles. The molecule has 0 saturated carbocycles. The Bertz CT molecular complexity index is 654. The minimum absolute atomic E-state index is 0.309. The molecule has 0 spiro atoms. The second kappa shape index (κ2) is 5.12. The summed E-state index contributed by atoms with van der Waals surface area (Å²) in [5, 5.41) is 0.916. The van der Waals surface area contributed by atoms with Crippen molar-refractivity contribution in [2.75, 3.05) is 6.61 Å². The molecule has 92 valence electrons. The topological polar surface area (TPSA) is 55.7 Å². The Balaban J connectivity index is 2.56. The van der Waals surface area contributed by atoms with Crippen molar-refractivity contribution in [2.45, 2.75) is 13.8 Å². The number of nitrogens with zero attached hydrogens (tertiary/aromatic N) is 1. The number of fused-ring (bicyclic) bond motifs is 1. The molecule has 0 radical (unpaired) electrons. The van der Waals surface area contributed by atoms with Crippen LogP contribution in [0, 0.1) is 6.92 Å². The van der Waals surface area contributed by atoms with Gasteiger partial charge in [0.05, 0.1) is 12.3 Å². The van der Waals surface area contributed by atoms with Crippen LogP contribution in [0.15, 0.2) is 23.2 Å². The SMILES string of the molecule is CCOC(=O)c1sc2ccc(N=C=O)cc2c1C. The molecule has 0 N–H and O–H groups in total. The highest BCUT2D eigenvalue weighted by atomic mass is 32.1. The zero-order chi connectivity index (χ0) is 13.1. The summed E-state index contributed by atoms with van der Waals surface area (Å²) in [5.41, 5.74) is 1.39. The van der Waals surface area contributed by atoms with Crippen molar-refractivity contribution in [3.63, 3.8) is 0 Å². The molecule has 0 unspecified atom stereocenters. The highest BCUT2D eigenvalue weighted by molar-refractivity contribution is 7.21. The van der Waals surface area contributed by atoms with Crippen LogP contribution in [0.2, 0.25) is 0 Å². The van der Waals surface area contributed by atoms with Gasteiger partial charge in [-0.25, -0.2) is 9.59 Å². The van der Waals surface area contributed by atoms with E-state index >= 15 is 0 Å². The lowest BCUT2D eigenvalue weighted by molar-refractivity contribution is 0.0531. The lowest BCUT2D eigenvalue weighted by atomic mass is 10.1. The van der Waals surface area contributed by atoms with Gasteiger partial charge in [0.1, 0.15) is 4.88 Å². The molecule has 0 aliphatic heterocycles. The smallest absolute Gasteiger partial charge is 0.348 e. The second-order valence-corrected chi connectivity index (χ2v) is 4.71. The standard InChI is InChI=1S/C13H11NO3S/c1-3-17-13(16)12-8(2)10-6-9(14-7-15)4-5-11(10)18-12/h4-6H,3H2,1-2H3. The maximum absolute atomic E-state index is 11.7. The highest BCUT2D eigenvalue weighted by Gasteiger charge is 2.16. The molecular formula is C13H11NO3S. The number of carbonyl (C=O) groups is 1. The highest BCUT2D eigenvalue weighted by Crippen LogP contribution is 2.33. The molecule has 1 aromatic heterocycles. The van der Waals surface area contributed by atoms with Gasteiger partial charge < -0.3 is 4.74 Å². The van der Waals surface area contributed by atoms with Crippen molar-refractivity contribution < 1.29 is 14.3 Å². The van der Waals surface area contributed by atoms with Crippen molar-refractivity contribution in [3.8, 4) is 0 Å². The van der Waals surface area contributed by atoms with Crippen molar-refractivity contribution in [1.29, 1.82) is 0 Å². The molecule has 0 aliphatic rings. The molecule has 18 heavy (non-hydrogen) atoms. The van der Waals surface area contributed by atoms with Crippen molar-refractivity contribution in [2.24, 2.45) is 4.99 Å². The van der Waals surface area contributed by atoms with Gasteiger partial charge in [-0.05, 0) is 43.0 Å². The first kappa shape index (κ1) is 12.5. The van der Waals surface area contributed by atoms with E-state index in [2.05, 4.69) is 4.99 Å². The van der Waals surface area contributed by atoms with Crippen LogP contribution in [0.3, 0.4) is 0 Å². The van der Waals surface area contributed by atoms with E-state index in [-0.39, 0.29) is 5.97 Å². The molecule has 0 aliphatic carbocycles. The van der Waals surface area contributed by atoms with Crippen LogP contribution in [-0.4, -0.2) is 18.7 Å². The minimum atomic E-state index is -0.309. The van der Waals surface area contributed by atoms with Gasteiger partial charge in [-0.1, -0.05) is 0 Å². The molecule has 0 amide bonds. The van der Waals surface area contributed by atoms with E-state index in [0.717, 1.165) is 15.6 Å². The lowest BCUT2D eigenvalue weighted by Gasteiger charge is -1.99. The van der Waals surface area contributed by atoms with E-state index in [4.69, 9.17) is 4.74 Å². The first-order valence-corrected chi connectivity index (χ1v) is 6.27. The Morgan fingerprint density at radius 1 is 1.50 bits per heavy atom. The number of hydrogen-bond acceptors (Lipinski definition) is 5. The molecule has 0 saturated heterocycles. The third kappa shape index (κ3) is 2.18. The predicted molar refractivity (Wildman–Crippen MR) is 70.3 cm³/mol. The summed E-state index contributed by atoms with van der Waals surface area (Å²) in [6.07, 6.45) is 1.50. The van der Waals surface area contributed by atoms with Crippen LogP contribution in [0.25, 0.3) is 10.1 Å². The van der Waals surface area contributed by atoms with E-state index in [1.54, 1.807) is 19.1 Å². The number of carbonyl (C=O) groups excluding carboxylic acids is 2. The summed E-state index contributed by atoms with van der Waals surface area (Å²) >= 11 is 1.38. The van der Waals surface area contributed by atoms with Crippen LogP contribution in [0.1, 0.15) is 22.2 Å². The Morgan fingerprint density at radius 3 is 2.94 bits per heavy atom. The third-order valence-electron chi connectivity index (χ3n) is 2.56. The van der Waals surface area contributed by atoms with Gasteiger partial charge in [0.2, 0.25) is 6.08 Å². The normalized spacial score (nSPS) is 10.1. The van der Waals surface area contributed by atoms with Gasteiger partial charge in [-0.15, -0.1) is 11.3 Å². The lowest BCUT2D eigenvalue weighted by Crippen LogP contribution is -2.03. The van der Waals surface area contributed by atoms with Gasteiger partial charge in [-0.3, -0.25) is 0 Å². The van der Waals surface area contributed by atoms with Crippen LogP contribution in [0.4, 0.5) is 5.69 Å². The van der Waals surface area contributed by atoms with Crippen molar-refractivity contribution in [3.05, 3.63) is 28.6 Å². The van der Waals surface area contributed by atoms with Crippen molar-refractivity contribution >= 4 is 39.2 Å². The average molecular weight is 261 g/mol. The first-order valence-electron chi connectivity index (χ1n) is 5.45. The Hall–Kier alpha value is -1.97. The van der Waals surface area contributed by atoms with Gasteiger partial charge in [-0.2, -0.15) is 4.99 Å². The number of esters is 1. The molecular weight excluding hydrogens is 250 g/mol. The number of aryl methyl sites for hydroxylation is 1. The van der Waals surface area contributed by atoms with Gasteiger partial charge >= 0.3 is 5.97 Å². The quantitative estimate of drug-likeness (QED) is 0.483. The maximum atomic E-state index is 11.7. The van der Waals surface area contributed by atoms with Gasteiger partial charge in [0.25, 0.3) is 0 Å². The molecule has 0 fully saturated rings. The zero-order valence-corrected chi connectivity index (χ0v) is 10.8. The Morgan fingerprint density at radius 2 is 2.28 bits per heavy atom. The third-order valence-corrected chi connectivity index (χ3v) is 3.81. The fourth-order valence-corrected chi connectivity index (χ4v) is 2.81. The van der Waals surface area contributed by atoms with Crippen molar-refractivity contribution in [1.82, 2.24) is 0 Å². The van der Waals surface area contributed by atoms with Crippen LogP contribution in [-0.2, 0) is 9.53 Å². The fraction of sp³-hybridized carbons (Fsp3) is 0.231. The monoisotopic (exact) mass is 261 g/mol. The van der Waals surface area contributed by atoms with E-state index in [1.807, 2.05) is 13.0 Å². The largest absolute Gasteiger partial charge is 0.462 e. The van der Waals surface area contributed by atoms with E-state index in [1.165, 1.54) is 17.4 Å². The van der Waals surface area contributed by atoms with Crippen LogP contribution >= 0.6 is 11.3 Å².